The van der Waals surface area contributed by atoms with Crippen LogP contribution >= 0.6 is 11.6 Å². The average Bonchev–Trinajstić information content (AvgIpc) is 2.85. The van der Waals surface area contributed by atoms with Gasteiger partial charge in [-0.1, -0.05) is 17.7 Å². The van der Waals surface area contributed by atoms with Crippen LogP contribution in [0.1, 0.15) is 17.2 Å². The number of epoxide rings is 1. The van der Waals surface area contributed by atoms with Gasteiger partial charge < -0.3 is 4.74 Å². The van der Waals surface area contributed by atoms with Crippen molar-refractivity contribution < 1.29 is 17.9 Å². The molecule has 1 nitrogen and oxygen atoms in total. The zero-order valence-electron chi connectivity index (χ0n) is 6.94. The van der Waals surface area contributed by atoms with Crippen molar-refractivity contribution in [1.82, 2.24) is 0 Å². The highest BCUT2D eigenvalue weighted by Gasteiger charge is 2.40. The van der Waals surface area contributed by atoms with E-state index in [0.29, 0.717) is 6.61 Å². The first-order valence-corrected chi connectivity index (χ1v) is 4.35. The molecule has 14 heavy (non-hydrogen) atoms. The van der Waals surface area contributed by atoms with E-state index < -0.39 is 17.8 Å². The van der Waals surface area contributed by atoms with Crippen LogP contribution in [0.15, 0.2) is 18.2 Å². The lowest BCUT2D eigenvalue weighted by molar-refractivity contribution is -0.138. The van der Waals surface area contributed by atoms with Gasteiger partial charge in [-0.25, -0.2) is 0 Å². The van der Waals surface area contributed by atoms with Gasteiger partial charge in [-0.3, -0.25) is 0 Å². The molecule has 1 heterocycles. The number of rotatable bonds is 1. The molecule has 1 aliphatic rings. The molecule has 5 heteroatoms. The largest absolute Gasteiger partial charge is 0.416 e. The zero-order valence-corrected chi connectivity index (χ0v) is 7.69. The Hall–Kier alpha value is -0.740. The first-order valence-electron chi connectivity index (χ1n) is 3.97. The van der Waals surface area contributed by atoms with Crippen molar-refractivity contribution >= 4 is 11.6 Å². The summed E-state index contributed by atoms with van der Waals surface area (Å²) in [4.78, 5) is 0. The highest BCUT2D eigenvalue weighted by atomic mass is 35.5. The van der Waals surface area contributed by atoms with Crippen LogP contribution in [-0.2, 0) is 10.9 Å². The van der Waals surface area contributed by atoms with E-state index in [2.05, 4.69) is 0 Å². The highest BCUT2D eigenvalue weighted by Crippen LogP contribution is 2.43. The van der Waals surface area contributed by atoms with E-state index in [4.69, 9.17) is 16.3 Å². The van der Waals surface area contributed by atoms with Gasteiger partial charge in [-0.15, -0.1) is 0 Å². The molecule has 1 aliphatic heterocycles. The van der Waals surface area contributed by atoms with Gasteiger partial charge in [0, 0.05) is 10.6 Å². The van der Waals surface area contributed by atoms with Gasteiger partial charge in [-0.05, 0) is 12.1 Å². The minimum absolute atomic E-state index is 0.0571. The predicted molar refractivity (Wildman–Crippen MR) is 45.1 cm³/mol. The fourth-order valence-electron chi connectivity index (χ4n) is 1.33. The summed E-state index contributed by atoms with van der Waals surface area (Å²) in [6, 6.07) is 3.74. The molecule has 0 N–H and O–H groups in total. The lowest BCUT2D eigenvalue weighted by Crippen LogP contribution is -2.09. The summed E-state index contributed by atoms with van der Waals surface area (Å²) < 4.78 is 42.3. The Morgan fingerprint density at radius 1 is 1.36 bits per heavy atom. The van der Waals surface area contributed by atoms with Crippen LogP contribution in [0.5, 0.6) is 0 Å². The molecule has 0 radical (unpaired) electrons. The molecule has 0 saturated carbocycles. The second kappa shape index (κ2) is 3.14. The van der Waals surface area contributed by atoms with E-state index >= 15 is 0 Å². The normalized spacial score (nSPS) is 21.0. The molecule has 0 aromatic heterocycles. The molecule has 1 atom stereocenters. The summed E-state index contributed by atoms with van der Waals surface area (Å²) in [7, 11) is 0. The molecular formula is C9H6ClF3O. The summed E-state index contributed by atoms with van der Waals surface area (Å²) >= 11 is 5.69. The van der Waals surface area contributed by atoms with Crippen molar-refractivity contribution in [3.63, 3.8) is 0 Å². The van der Waals surface area contributed by atoms with E-state index in [1.54, 1.807) is 0 Å². The molecule has 0 aliphatic carbocycles. The van der Waals surface area contributed by atoms with E-state index in [-0.39, 0.29) is 10.6 Å². The summed E-state index contributed by atoms with van der Waals surface area (Å²) in [5, 5.41) is 0.113. The molecule has 1 saturated heterocycles. The van der Waals surface area contributed by atoms with Crippen molar-refractivity contribution in [3.8, 4) is 0 Å². The maximum Gasteiger partial charge on any atom is 0.416 e. The standard InChI is InChI=1S/C9H6ClF3O/c10-6-3-1-2-5(9(11,12)13)8(6)7-4-14-7/h1-3,7H,4H2/t7-/m1/s1. The minimum atomic E-state index is -4.37. The van der Waals surface area contributed by atoms with E-state index in [1.807, 2.05) is 0 Å². The lowest BCUT2D eigenvalue weighted by Gasteiger charge is -2.12. The zero-order chi connectivity index (χ0) is 10.3. The molecule has 1 aromatic carbocycles. The monoisotopic (exact) mass is 222 g/mol. The first kappa shape index (κ1) is 9.80. The highest BCUT2D eigenvalue weighted by molar-refractivity contribution is 6.31. The van der Waals surface area contributed by atoms with Gasteiger partial charge in [0.2, 0.25) is 0 Å². The molecule has 2 rings (SSSR count). The summed E-state index contributed by atoms with van der Waals surface area (Å²) in [6.07, 6.45) is -4.85. The van der Waals surface area contributed by atoms with Crippen LogP contribution in [0, 0.1) is 0 Å². The van der Waals surface area contributed by atoms with Gasteiger partial charge in [0.05, 0.1) is 12.2 Å². The van der Waals surface area contributed by atoms with Gasteiger partial charge in [0.1, 0.15) is 6.10 Å². The summed E-state index contributed by atoms with van der Waals surface area (Å²) in [5.41, 5.74) is -0.644. The molecule has 0 amide bonds. The second-order valence-corrected chi connectivity index (χ2v) is 3.43. The third-order valence-electron chi connectivity index (χ3n) is 2.01. The molecule has 0 unspecified atom stereocenters. The van der Waals surface area contributed by atoms with Crippen LogP contribution in [0.3, 0.4) is 0 Å². The SMILES string of the molecule is FC(F)(F)c1cccc(Cl)c1[C@H]1CO1. The lowest BCUT2D eigenvalue weighted by atomic mass is 10.0. The molecule has 0 spiro atoms. The summed E-state index contributed by atoms with van der Waals surface area (Å²) in [6.45, 7) is 0.312. The maximum absolute atomic E-state index is 12.5. The van der Waals surface area contributed by atoms with Crippen LogP contribution in [0.4, 0.5) is 13.2 Å². The number of alkyl halides is 3. The van der Waals surface area contributed by atoms with Gasteiger partial charge in [0.25, 0.3) is 0 Å². The molecule has 0 bridgehead atoms. The quantitative estimate of drug-likeness (QED) is 0.664. The summed E-state index contributed by atoms with van der Waals surface area (Å²) in [5.74, 6) is 0. The number of hydrogen-bond donors (Lipinski definition) is 0. The van der Waals surface area contributed by atoms with Gasteiger partial charge in [-0.2, -0.15) is 13.2 Å². The van der Waals surface area contributed by atoms with Gasteiger partial charge >= 0.3 is 6.18 Å². The van der Waals surface area contributed by atoms with Crippen molar-refractivity contribution in [2.75, 3.05) is 6.61 Å². The number of hydrogen-bond acceptors (Lipinski definition) is 1. The third-order valence-corrected chi connectivity index (χ3v) is 2.34. The Balaban J connectivity index is 2.53. The van der Waals surface area contributed by atoms with E-state index in [1.165, 1.54) is 12.1 Å². The predicted octanol–water partition coefficient (Wildman–Crippen LogP) is 3.43. The molecule has 1 fully saturated rings. The maximum atomic E-state index is 12.5. The molecule has 1 aromatic rings. The van der Waals surface area contributed by atoms with Crippen molar-refractivity contribution in [2.45, 2.75) is 12.3 Å². The second-order valence-electron chi connectivity index (χ2n) is 3.02. The van der Waals surface area contributed by atoms with Crippen LogP contribution < -0.4 is 0 Å². The molecular weight excluding hydrogens is 217 g/mol. The third kappa shape index (κ3) is 1.72. The van der Waals surface area contributed by atoms with Crippen molar-refractivity contribution in [1.29, 1.82) is 0 Å². The number of halogens is 4. The topological polar surface area (TPSA) is 12.5 Å². The number of benzene rings is 1. The Labute approximate surface area is 83.4 Å². The average molecular weight is 223 g/mol. The van der Waals surface area contributed by atoms with Crippen LogP contribution in [0.2, 0.25) is 5.02 Å². The fraction of sp³-hybridized carbons (Fsp3) is 0.333. The van der Waals surface area contributed by atoms with Crippen molar-refractivity contribution in [2.24, 2.45) is 0 Å². The van der Waals surface area contributed by atoms with Crippen molar-refractivity contribution in [3.05, 3.63) is 34.3 Å². The Kier molecular flexibility index (Phi) is 2.20. The van der Waals surface area contributed by atoms with E-state index in [0.717, 1.165) is 6.07 Å². The Morgan fingerprint density at radius 2 is 2.00 bits per heavy atom. The Morgan fingerprint density at radius 3 is 2.50 bits per heavy atom. The smallest absolute Gasteiger partial charge is 0.368 e. The minimum Gasteiger partial charge on any atom is -0.368 e. The Bertz CT molecular complexity index is 358. The van der Waals surface area contributed by atoms with Gasteiger partial charge in [0.15, 0.2) is 0 Å². The fourth-order valence-corrected chi connectivity index (χ4v) is 1.62. The van der Waals surface area contributed by atoms with E-state index in [9.17, 15) is 13.2 Å². The first-order chi connectivity index (χ1) is 6.50. The number of ether oxygens (including phenoxy) is 1. The van der Waals surface area contributed by atoms with Crippen LogP contribution in [-0.4, -0.2) is 6.61 Å². The molecule has 76 valence electrons. The van der Waals surface area contributed by atoms with Crippen LogP contribution in [0.25, 0.3) is 0 Å².